The van der Waals surface area contributed by atoms with E-state index in [0.717, 1.165) is 0 Å². The second-order valence-electron chi connectivity index (χ2n) is 8.01. The van der Waals surface area contributed by atoms with Crippen molar-refractivity contribution in [1.82, 2.24) is 10.2 Å². The monoisotopic (exact) mass is 474 g/mol. The maximum atomic E-state index is 13.5. The van der Waals surface area contributed by atoms with Crippen molar-refractivity contribution in [3.05, 3.63) is 48.7 Å². The van der Waals surface area contributed by atoms with E-state index in [1.165, 1.54) is 13.3 Å². The smallest absolute Gasteiger partial charge is 0.183 e. The maximum Gasteiger partial charge on any atom is 0.183 e. The van der Waals surface area contributed by atoms with Crippen LogP contribution in [0.4, 0.5) is 17.2 Å². The molecule has 0 amide bonds. The van der Waals surface area contributed by atoms with E-state index in [0.29, 0.717) is 33.6 Å². The van der Waals surface area contributed by atoms with Gasteiger partial charge in [0.25, 0.3) is 0 Å². The summed E-state index contributed by atoms with van der Waals surface area (Å²) in [6, 6.07) is 11.9. The Morgan fingerprint density at radius 1 is 1.09 bits per heavy atom. The van der Waals surface area contributed by atoms with E-state index >= 15 is 0 Å². The summed E-state index contributed by atoms with van der Waals surface area (Å²) in [5.41, 5.74) is 7.67. The molecule has 3 N–H and O–H groups in total. The van der Waals surface area contributed by atoms with Crippen LogP contribution in [0.2, 0.25) is 0 Å². The first-order valence-electron chi connectivity index (χ1n) is 9.91. The van der Waals surface area contributed by atoms with E-state index in [2.05, 4.69) is 15.5 Å². The molecule has 0 radical (unpaired) electrons. The quantitative estimate of drug-likeness (QED) is 0.494. The van der Waals surface area contributed by atoms with Crippen molar-refractivity contribution >= 4 is 39.5 Å². The lowest BCUT2D eigenvalue weighted by atomic mass is 10.0. The van der Waals surface area contributed by atoms with Crippen molar-refractivity contribution in [3.63, 3.8) is 0 Å². The summed E-state index contributed by atoms with van der Waals surface area (Å²) >= 11 is 0. The lowest BCUT2D eigenvalue weighted by Crippen LogP contribution is -2.17. The van der Waals surface area contributed by atoms with Gasteiger partial charge in [-0.15, -0.1) is 5.10 Å². The molecular formula is C22H27N4O4PS. The number of hydrogen-bond donors (Lipinski definition) is 2. The molecule has 2 aromatic carbocycles. The minimum Gasteiger partial charge on any atom is -0.496 e. The zero-order valence-corrected chi connectivity index (χ0v) is 20.4. The molecule has 0 aliphatic rings. The molecule has 170 valence electrons. The average molecular weight is 475 g/mol. The molecule has 0 aliphatic heterocycles. The molecule has 0 fully saturated rings. The second kappa shape index (κ2) is 8.92. The predicted octanol–water partition coefficient (Wildman–Crippen LogP) is 3.91. The van der Waals surface area contributed by atoms with E-state index in [4.69, 9.17) is 10.5 Å². The summed E-state index contributed by atoms with van der Waals surface area (Å²) in [5, 5.41) is 10.6. The van der Waals surface area contributed by atoms with Gasteiger partial charge >= 0.3 is 0 Å². The van der Waals surface area contributed by atoms with E-state index in [1.54, 1.807) is 69.6 Å². The molecule has 0 saturated carbocycles. The number of benzene rings is 2. The van der Waals surface area contributed by atoms with Crippen molar-refractivity contribution in [2.45, 2.75) is 24.0 Å². The summed E-state index contributed by atoms with van der Waals surface area (Å²) in [6.45, 7) is 6.61. The largest absolute Gasteiger partial charge is 0.496 e. The van der Waals surface area contributed by atoms with Gasteiger partial charge in [0.05, 0.1) is 34.8 Å². The summed E-state index contributed by atoms with van der Waals surface area (Å²) in [4.78, 5) is 0.132. The Labute approximate surface area is 188 Å². The Bertz CT molecular complexity index is 1300. The van der Waals surface area contributed by atoms with Crippen LogP contribution in [0.15, 0.2) is 53.6 Å². The lowest BCUT2D eigenvalue weighted by molar-refractivity contribution is 0.416. The van der Waals surface area contributed by atoms with E-state index in [9.17, 15) is 13.0 Å². The number of nitrogens with zero attached hydrogens (tertiary/aromatic N) is 2. The highest BCUT2D eigenvalue weighted by atomic mass is 32.2. The molecule has 0 aliphatic carbocycles. The molecule has 0 spiro atoms. The SMILES string of the molecule is COc1cc(P(C)(C)=O)ccc1-c1cccc(Nc2cnnc(N)c2)c1S(=O)(=O)C(C)C. The zero-order valence-electron chi connectivity index (χ0n) is 18.7. The Morgan fingerprint density at radius 3 is 2.41 bits per heavy atom. The highest BCUT2D eigenvalue weighted by Crippen LogP contribution is 2.42. The molecule has 0 bridgehead atoms. The Hall–Kier alpha value is -2.90. The number of nitrogens with two attached hydrogens (primary N) is 1. The molecule has 1 heterocycles. The van der Waals surface area contributed by atoms with Gasteiger partial charge in [0, 0.05) is 22.5 Å². The van der Waals surface area contributed by atoms with Gasteiger partial charge in [0.2, 0.25) is 0 Å². The van der Waals surface area contributed by atoms with Gasteiger partial charge in [-0.2, -0.15) is 5.10 Å². The zero-order chi connectivity index (χ0) is 23.7. The van der Waals surface area contributed by atoms with Gasteiger partial charge in [-0.25, -0.2) is 8.42 Å². The number of aromatic nitrogens is 2. The van der Waals surface area contributed by atoms with Crippen LogP contribution in [-0.2, 0) is 14.4 Å². The third kappa shape index (κ3) is 4.79. The van der Waals surface area contributed by atoms with Crippen molar-refractivity contribution in [2.75, 3.05) is 31.5 Å². The first-order valence-corrected chi connectivity index (χ1v) is 14.1. The second-order valence-corrected chi connectivity index (χ2v) is 13.7. The van der Waals surface area contributed by atoms with Gasteiger partial charge in [0.1, 0.15) is 18.7 Å². The van der Waals surface area contributed by atoms with Crippen LogP contribution in [0.25, 0.3) is 11.1 Å². The van der Waals surface area contributed by atoms with Crippen molar-refractivity contribution < 1.29 is 17.7 Å². The van der Waals surface area contributed by atoms with Crippen LogP contribution in [0, 0.1) is 0 Å². The Morgan fingerprint density at radius 2 is 1.81 bits per heavy atom. The molecule has 0 saturated heterocycles. The van der Waals surface area contributed by atoms with Crippen molar-refractivity contribution in [2.24, 2.45) is 0 Å². The summed E-state index contributed by atoms with van der Waals surface area (Å²) in [6.07, 6.45) is 1.46. The molecule has 3 rings (SSSR count). The average Bonchev–Trinajstić information content (AvgIpc) is 2.72. The molecule has 0 unspecified atom stereocenters. The van der Waals surface area contributed by atoms with Crippen LogP contribution in [-0.4, -0.2) is 44.3 Å². The highest BCUT2D eigenvalue weighted by Gasteiger charge is 2.28. The van der Waals surface area contributed by atoms with Crippen LogP contribution in [0.1, 0.15) is 13.8 Å². The number of nitrogens with one attached hydrogen (secondary N) is 1. The molecule has 8 nitrogen and oxygen atoms in total. The van der Waals surface area contributed by atoms with E-state index < -0.39 is 22.2 Å². The minimum atomic E-state index is -3.72. The lowest BCUT2D eigenvalue weighted by Gasteiger charge is -2.20. The molecular weight excluding hydrogens is 447 g/mol. The molecule has 1 aromatic heterocycles. The topological polar surface area (TPSA) is 124 Å². The summed E-state index contributed by atoms with van der Waals surface area (Å²) in [5.74, 6) is 0.652. The third-order valence-electron chi connectivity index (χ3n) is 4.97. The van der Waals surface area contributed by atoms with Gasteiger partial charge in [-0.05, 0) is 45.4 Å². The number of rotatable bonds is 7. The maximum absolute atomic E-state index is 13.5. The summed E-state index contributed by atoms with van der Waals surface area (Å²) in [7, 11) is -4.74. The molecule has 32 heavy (non-hydrogen) atoms. The van der Waals surface area contributed by atoms with Crippen LogP contribution in [0.5, 0.6) is 5.75 Å². The van der Waals surface area contributed by atoms with Gasteiger partial charge < -0.3 is 20.4 Å². The molecule has 0 atom stereocenters. The van der Waals surface area contributed by atoms with Crippen LogP contribution in [0.3, 0.4) is 0 Å². The van der Waals surface area contributed by atoms with Gasteiger partial charge in [-0.1, -0.05) is 18.2 Å². The van der Waals surface area contributed by atoms with Crippen molar-refractivity contribution in [1.29, 1.82) is 0 Å². The number of anilines is 3. The predicted molar refractivity (Wildman–Crippen MR) is 130 cm³/mol. The fourth-order valence-corrected chi connectivity index (χ4v) is 5.48. The Balaban J connectivity index is 2.29. The van der Waals surface area contributed by atoms with Gasteiger partial charge in [0.15, 0.2) is 9.84 Å². The van der Waals surface area contributed by atoms with Crippen LogP contribution < -0.4 is 21.1 Å². The standard InChI is InChI=1S/C22H27N4O4PS/c1-14(2)32(28,29)22-18(17-10-9-16(31(4,5)27)12-20(17)30-3)7-6-8-19(22)25-15-11-21(23)26-24-13-15/h6-14H,1-5H3,(H3,23,25,26). The fraction of sp³-hybridized carbons (Fsp3) is 0.273. The van der Waals surface area contributed by atoms with Crippen LogP contribution >= 0.6 is 7.14 Å². The van der Waals surface area contributed by atoms with Gasteiger partial charge in [-0.3, -0.25) is 0 Å². The third-order valence-corrected chi connectivity index (χ3v) is 8.74. The number of nitrogen functional groups attached to an aromatic ring is 1. The van der Waals surface area contributed by atoms with E-state index in [1.807, 2.05) is 0 Å². The molecule has 3 aromatic rings. The number of hydrogen-bond acceptors (Lipinski definition) is 8. The minimum absolute atomic E-state index is 0.132. The normalized spacial score (nSPS) is 12.1. The fourth-order valence-electron chi connectivity index (χ4n) is 3.23. The summed E-state index contributed by atoms with van der Waals surface area (Å²) < 4.78 is 45.0. The number of ether oxygens (including phenoxy) is 1. The van der Waals surface area contributed by atoms with Crippen molar-refractivity contribution in [3.8, 4) is 16.9 Å². The Kier molecular flexibility index (Phi) is 6.62. The first kappa shape index (κ1) is 23.8. The number of methoxy groups -OCH3 is 1. The first-order chi connectivity index (χ1) is 14.9. The number of sulfone groups is 1. The highest BCUT2D eigenvalue weighted by molar-refractivity contribution is 7.92. The van der Waals surface area contributed by atoms with E-state index in [-0.39, 0.29) is 10.7 Å². The molecule has 10 heteroatoms.